The molecule has 1 heterocycles. The molecule has 0 radical (unpaired) electrons. The average Bonchev–Trinajstić information content (AvgIpc) is 2.65. The van der Waals surface area contributed by atoms with E-state index >= 15 is 0 Å². The average molecular weight is 351 g/mol. The van der Waals surface area contributed by atoms with Crippen LogP contribution in [0.4, 0.5) is 4.39 Å². The van der Waals surface area contributed by atoms with Crippen LogP contribution >= 0.6 is 0 Å². The molecule has 0 unspecified atom stereocenters. The van der Waals surface area contributed by atoms with Crippen LogP contribution in [-0.4, -0.2) is 17.6 Å². The normalized spacial score (nSPS) is 10.5. The Kier molecular flexibility index (Phi) is 5.27. The molecule has 3 rings (SSSR count). The lowest BCUT2D eigenvalue weighted by Gasteiger charge is -2.11. The molecule has 0 saturated carbocycles. The number of ether oxygens (including phenoxy) is 1. The molecule has 5 heteroatoms. The van der Waals surface area contributed by atoms with Gasteiger partial charge in [0.2, 0.25) is 0 Å². The van der Waals surface area contributed by atoms with Crippen molar-refractivity contribution in [1.29, 1.82) is 0 Å². The number of nitrogens with one attached hydrogen (secondary N) is 1. The monoisotopic (exact) mass is 351 g/mol. The number of aromatic amines is 1. The van der Waals surface area contributed by atoms with Crippen molar-refractivity contribution in [1.82, 2.24) is 4.98 Å². The van der Waals surface area contributed by atoms with Gasteiger partial charge in [-0.2, -0.15) is 0 Å². The lowest BCUT2D eigenvalue weighted by Crippen LogP contribution is -2.18. The van der Waals surface area contributed by atoms with E-state index in [1.165, 1.54) is 12.1 Å². The van der Waals surface area contributed by atoms with Crippen molar-refractivity contribution in [2.24, 2.45) is 0 Å². The molecule has 0 spiro atoms. The Balaban J connectivity index is 2.07. The summed E-state index contributed by atoms with van der Waals surface area (Å²) in [5.74, 6) is -0.836. The molecule has 0 aliphatic carbocycles. The maximum Gasteiger partial charge on any atom is 0.340 e. The van der Waals surface area contributed by atoms with Gasteiger partial charge in [-0.3, -0.25) is 4.79 Å². The first kappa shape index (κ1) is 17.6. The maximum atomic E-state index is 13.1. The van der Waals surface area contributed by atoms with E-state index in [4.69, 9.17) is 4.74 Å². The van der Waals surface area contributed by atoms with Crippen molar-refractivity contribution in [3.63, 3.8) is 0 Å². The molecule has 0 aliphatic heterocycles. The molecule has 132 valence electrons. The predicted octanol–water partition coefficient (Wildman–Crippen LogP) is 3.95. The molecule has 0 atom stereocenters. The third-order valence-electron chi connectivity index (χ3n) is 3.98. The first-order valence-corrected chi connectivity index (χ1v) is 8.31. The number of pyridine rings is 1. The van der Waals surface area contributed by atoms with E-state index in [2.05, 4.69) is 4.98 Å². The number of H-pyrrole nitrogens is 1. The van der Waals surface area contributed by atoms with Crippen molar-refractivity contribution in [3.05, 3.63) is 93.5 Å². The minimum absolute atomic E-state index is 0.236. The molecule has 26 heavy (non-hydrogen) atoms. The Bertz CT molecular complexity index is 963. The van der Waals surface area contributed by atoms with Gasteiger partial charge in [-0.25, -0.2) is 9.18 Å². The predicted molar refractivity (Wildman–Crippen MR) is 97.7 cm³/mol. The van der Waals surface area contributed by atoms with E-state index in [0.717, 1.165) is 11.1 Å². The first-order valence-electron chi connectivity index (χ1n) is 8.31. The molecule has 1 aromatic heterocycles. The van der Waals surface area contributed by atoms with Crippen LogP contribution in [0.1, 0.15) is 28.4 Å². The molecule has 3 aromatic rings. The van der Waals surface area contributed by atoms with Gasteiger partial charge in [0.1, 0.15) is 5.82 Å². The van der Waals surface area contributed by atoms with Crippen molar-refractivity contribution in [2.45, 2.75) is 13.3 Å². The van der Waals surface area contributed by atoms with Crippen LogP contribution in [0, 0.1) is 5.82 Å². The van der Waals surface area contributed by atoms with E-state index in [-0.39, 0.29) is 24.4 Å². The van der Waals surface area contributed by atoms with Crippen molar-refractivity contribution >= 4 is 5.97 Å². The highest BCUT2D eigenvalue weighted by Crippen LogP contribution is 2.22. The van der Waals surface area contributed by atoms with E-state index in [0.29, 0.717) is 16.8 Å². The number of carbonyl (C=O) groups excluding carboxylic acids is 1. The topological polar surface area (TPSA) is 59.2 Å². The van der Waals surface area contributed by atoms with Gasteiger partial charge in [0.05, 0.1) is 17.9 Å². The second kappa shape index (κ2) is 7.78. The van der Waals surface area contributed by atoms with Crippen LogP contribution in [0.15, 0.2) is 65.5 Å². The lowest BCUT2D eigenvalue weighted by atomic mass is 10.0. The highest BCUT2D eigenvalue weighted by atomic mass is 19.1. The van der Waals surface area contributed by atoms with Crippen molar-refractivity contribution in [3.8, 4) is 11.3 Å². The fraction of sp³-hybridized carbons (Fsp3) is 0.143. The van der Waals surface area contributed by atoms with Crippen LogP contribution < -0.4 is 5.56 Å². The van der Waals surface area contributed by atoms with Crippen LogP contribution in [0.25, 0.3) is 11.3 Å². The van der Waals surface area contributed by atoms with Gasteiger partial charge in [0, 0.05) is 12.0 Å². The summed E-state index contributed by atoms with van der Waals surface area (Å²) in [5, 5.41) is 0. The van der Waals surface area contributed by atoms with Gasteiger partial charge >= 0.3 is 5.97 Å². The van der Waals surface area contributed by atoms with E-state index < -0.39 is 5.97 Å². The Morgan fingerprint density at radius 3 is 2.42 bits per heavy atom. The fourth-order valence-electron chi connectivity index (χ4n) is 2.73. The van der Waals surface area contributed by atoms with Crippen LogP contribution in [0.3, 0.4) is 0 Å². The Morgan fingerprint density at radius 1 is 1.08 bits per heavy atom. The maximum absolute atomic E-state index is 13.1. The second-order valence-electron chi connectivity index (χ2n) is 5.80. The van der Waals surface area contributed by atoms with Gasteiger partial charge in [-0.05, 0) is 36.2 Å². The summed E-state index contributed by atoms with van der Waals surface area (Å²) >= 11 is 0. The minimum Gasteiger partial charge on any atom is -0.462 e. The van der Waals surface area contributed by atoms with Gasteiger partial charge in [-0.1, -0.05) is 42.5 Å². The molecule has 0 fully saturated rings. The van der Waals surface area contributed by atoms with Crippen molar-refractivity contribution < 1.29 is 13.9 Å². The number of benzene rings is 2. The third kappa shape index (κ3) is 3.88. The largest absolute Gasteiger partial charge is 0.462 e. The Morgan fingerprint density at radius 2 is 1.77 bits per heavy atom. The fourth-order valence-corrected chi connectivity index (χ4v) is 2.73. The molecular weight excluding hydrogens is 333 g/mol. The summed E-state index contributed by atoms with van der Waals surface area (Å²) in [5.41, 5.74) is 2.35. The van der Waals surface area contributed by atoms with Gasteiger partial charge in [0.25, 0.3) is 5.56 Å². The molecule has 2 aromatic carbocycles. The summed E-state index contributed by atoms with van der Waals surface area (Å²) in [4.78, 5) is 27.7. The van der Waals surface area contributed by atoms with Gasteiger partial charge < -0.3 is 9.72 Å². The zero-order valence-electron chi connectivity index (χ0n) is 14.3. The number of rotatable bonds is 5. The highest BCUT2D eigenvalue weighted by Gasteiger charge is 2.18. The number of esters is 1. The van der Waals surface area contributed by atoms with Gasteiger partial charge in [0.15, 0.2) is 0 Å². The second-order valence-corrected chi connectivity index (χ2v) is 5.80. The molecule has 1 N–H and O–H groups in total. The molecule has 0 saturated heterocycles. The summed E-state index contributed by atoms with van der Waals surface area (Å²) in [6.07, 6.45) is 0.289. The summed E-state index contributed by atoms with van der Waals surface area (Å²) in [6, 6.07) is 16.6. The van der Waals surface area contributed by atoms with Gasteiger partial charge in [-0.15, -0.1) is 0 Å². The molecule has 0 aliphatic rings. The number of halogens is 1. The SMILES string of the molecule is CCOC(=O)c1cc(Cc2ccc(F)cc2)c(=O)[nH]c1-c1ccccc1. The standard InChI is InChI=1S/C21H18FNO3/c1-2-26-21(25)18-13-16(12-14-8-10-17(22)11-9-14)20(24)23-19(18)15-6-4-3-5-7-15/h3-11,13H,2,12H2,1H3,(H,23,24). The van der Waals surface area contributed by atoms with Crippen LogP contribution in [-0.2, 0) is 11.2 Å². The van der Waals surface area contributed by atoms with E-state index in [1.807, 2.05) is 30.3 Å². The van der Waals surface area contributed by atoms with Crippen LogP contribution in [0.5, 0.6) is 0 Å². The molecule has 4 nitrogen and oxygen atoms in total. The van der Waals surface area contributed by atoms with E-state index in [1.54, 1.807) is 25.1 Å². The zero-order chi connectivity index (χ0) is 18.5. The quantitative estimate of drug-likeness (QED) is 0.708. The number of hydrogen-bond acceptors (Lipinski definition) is 3. The third-order valence-corrected chi connectivity index (χ3v) is 3.98. The molecule has 0 bridgehead atoms. The van der Waals surface area contributed by atoms with Crippen molar-refractivity contribution in [2.75, 3.05) is 6.61 Å². The Hall–Kier alpha value is -3.21. The summed E-state index contributed by atoms with van der Waals surface area (Å²) in [7, 11) is 0. The van der Waals surface area contributed by atoms with Crippen LogP contribution in [0.2, 0.25) is 0 Å². The summed E-state index contributed by atoms with van der Waals surface area (Å²) < 4.78 is 18.2. The van der Waals surface area contributed by atoms with E-state index in [9.17, 15) is 14.0 Å². The number of carbonyl (C=O) groups is 1. The minimum atomic E-state index is -0.497. The first-order chi connectivity index (χ1) is 12.6. The molecule has 0 amide bonds. The molecular formula is C21H18FNO3. The number of aromatic nitrogens is 1. The smallest absolute Gasteiger partial charge is 0.340 e. The zero-order valence-corrected chi connectivity index (χ0v) is 14.3. The lowest BCUT2D eigenvalue weighted by molar-refractivity contribution is 0.0526. The number of hydrogen-bond donors (Lipinski definition) is 1. The summed E-state index contributed by atoms with van der Waals surface area (Å²) in [6.45, 7) is 1.96. The highest BCUT2D eigenvalue weighted by molar-refractivity contribution is 5.96. The Labute approximate surface area is 150 Å².